The van der Waals surface area contributed by atoms with Gasteiger partial charge in [-0.3, -0.25) is 9.52 Å². The highest BCUT2D eigenvalue weighted by atomic mass is 32.2. The third-order valence-corrected chi connectivity index (χ3v) is 8.03. The summed E-state index contributed by atoms with van der Waals surface area (Å²) < 4.78 is 42.2. The number of halogens is 1. The molecule has 1 aliphatic carbocycles. The number of aromatic nitrogens is 4. The van der Waals surface area contributed by atoms with Gasteiger partial charge in [0.15, 0.2) is 5.78 Å². The van der Waals surface area contributed by atoms with E-state index in [1.54, 1.807) is 43.0 Å². The summed E-state index contributed by atoms with van der Waals surface area (Å²) in [6.07, 6.45) is 8.11. The molecule has 1 atom stereocenters. The second kappa shape index (κ2) is 8.75. The van der Waals surface area contributed by atoms with Gasteiger partial charge in [-0.15, -0.1) is 0 Å². The predicted octanol–water partition coefficient (Wildman–Crippen LogP) is 3.83. The first-order valence-electron chi connectivity index (χ1n) is 11.7. The topological polar surface area (TPSA) is 121 Å². The van der Waals surface area contributed by atoms with Crippen LogP contribution in [0.4, 0.5) is 10.1 Å². The van der Waals surface area contributed by atoms with Crippen LogP contribution in [0.1, 0.15) is 46.9 Å². The van der Waals surface area contributed by atoms with Gasteiger partial charge in [0.2, 0.25) is 0 Å². The van der Waals surface area contributed by atoms with Gasteiger partial charge in [-0.1, -0.05) is 12.1 Å². The molecule has 1 saturated carbocycles. The van der Waals surface area contributed by atoms with Gasteiger partial charge in [0.05, 0.1) is 5.69 Å². The van der Waals surface area contributed by atoms with Gasteiger partial charge in [-0.2, -0.15) is 12.7 Å². The predicted molar refractivity (Wildman–Crippen MR) is 133 cm³/mol. The number of ketones is 1. The van der Waals surface area contributed by atoms with Crippen molar-refractivity contribution in [3.05, 3.63) is 72.1 Å². The minimum absolute atomic E-state index is 0.119. The van der Waals surface area contributed by atoms with Crippen LogP contribution in [-0.2, 0) is 10.2 Å². The average molecular weight is 507 g/mol. The van der Waals surface area contributed by atoms with Gasteiger partial charge in [-0.25, -0.2) is 19.3 Å². The second-order valence-corrected chi connectivity index (χ2v) is 10.9. The van der Waals surface area contributed by atoms with E-state index in [0.29, 0.717) is 28.1 Å². The van der Waals surface area contributed by atoms with Gasteiger partial charge in [-0.05, 0) is 37.5 Å². The minimum Gasteiger partial charge on any atom is -0.345 e. The standard InChI is InChI=1S/C25H23FN6O3S/c26-19-6-7-32(14-19)36(34,35)31-20-3-1-2-16(8-20)23(33)22-13-30-25-21(22)9-17(10-29-25)18-11-27-24(28-12-18)15-4-5-15/h1-3,8-13,15,19,31H,4-7,14H2,(H,29,30)/t19-/m1/s1. The number of alkyl halides is 1. The summed E-state index contributed by atoms with van der Waals surface area (Å²) in [4.78, 5) is 29.8. The summed E-state index contributed by atoms with van der Waals surface area (Å²) in [5, 5.41) is 0.640. The quantitative estimate of drug-likeness (QED) is 0.368. The van der Waals surface area contributed by atoms with Crippen molar-refractivity contribution in [2.24, 2.45) is 0 Å². The highest BCUT2D eigenvalue weighted by molar-refractivity contribution is 7.90. The zero-order valence-electron chi connectivity index (χ0n) is 19.2. The van der Waals surface area contributed by atoms with E-state index in [4.69, 9.17) is 0 Å². The molecular weight excluding hydrogens is 483 g/mol. The Morgan fingerprint density at radius 1 is 1.06 bits per heavy atom. The number of carbonyl (C=O) groups is 1. The van der Waals surface area contributed by atoms with E-state index in [9.17, 15) is 17.6 Å². The molecule has 1 aromatic carbocycles. The van der Waals surface area contributed by atoms with Crippen LogP contribution in [0.2, 0.25) is 0 Å². The number of benzene rings is 1. The summed E-state index contributed by atoms with van der Waals surface area (Å²) in [5.74, 6) is 1.03. The monoisotopic (exact) mass is 506 g/mol. The molecule has 4 aromatic rings. The lowest BCUT2D eigenvalue weighted by molar-refractivity contribution is 0.104. The third-order valence-electron chi connectivity index (χ3n) is 6.53. The number of hydrogen-bond donors (Lipinski definition) is 2. The van der Waals surface area contributed by atoms with E-state index in [-0.39, 0.29) is 31.0 Å². The van der Waals surface area contributed by atoms with Crippen molar-refractivity contribution in [2.45, 2.75) is 31.4 Å². The number of aromatic amines is 1. The second-order valence-electron chi connectivity index (χ2n) is 9.19. The molecule has 1 aliphatic heterocycles. The number of rotatable bonds is 7. The fourth-order valence-corrected chi connectivity index (χ4v) is 5.65. The van der Waals surface area contributed by atoms with Gasteiger partial charge in [0, 0.05) is 71.4 Å². The van der Waals surface area contributed by atoms with Crippen molar-refractivity contribution >= 4 is 32.7 Å². The van der Waals surface area contributed by atoms with E-state index in [0.717, 1.165) is 34.1 Å². The van der Waals surface area contributed by atoms with Crippen LogP contribution in [-0.4, -0.2) is 57.7 Å². The number of pyridine rings is 1. The molecule has 4 heterocycles. The average Bonchev–Trinajstić information content (AvgIpc) is 3.49. The van der Waals surface area contributed by atoms with Crippen LogP contribution in [0.25, 0.3) is 22.2 Å². The highest BCUT2D eigenvalue weighted by Crippen LogP contribution is 2.38. The van der Waals surface area contributed by atoms with Gasteiger partial charge in [0.1, 0.15) is 17.6 Å². The molecule has 0 amide bonds. The number of hydrogen-bond acceptors (Lipinski definition) is 6. The summed E-state index contributed by atoms with van der Waals surface area (Å²) in [5.41, 5.74) is 3.11. The Morgan fingerprint density at radius 3 is 2.56 bits per heavy atom. The number of carbonyl (C=O) groups excluding carboxylic acids is 1. The summed E-state index contributed by atoms with van der Waals surface area (Å²) >= 11 is 0. The number of anilines is 1. The van der Waals surface area contributed by atoms with Crippen LogP contribution in [0.15, 0.2) is 55.1 Å². The van der Waals surface area contributed by atoms with Crippen LogP contribution in [0, 0.1) is 0 Å². The third kappa shape index (κ3) is 4.35. The molecule has 36 heavy (non-hydrogen) atoms. The molecule has 3 aromatic heterocycles. The summed E-state index contributed by atoms with van der Waals surface area (Å²) in [7, 11) is -3.91. The fraction of sp³-hybridized carbons (Fsp3) is 0.280. The van der Waals surface area contributed by atoms with Crippen molar-refractivity contribution in [3.63, 3.8) is 0 Å². The Morgan fingerprint density at radius 2 is 1.83 bits per heavy atom. The van der Waals surface area contributed by atoms with E-state index < -0.39 is 16.4 Å². The zero-order valence-corrected chi connectivity index (χ0v) is 20.0. The maximum atomic E-state index is 13.5. The minimum atomic E-state index is -3.91. The van der Waals surface area contributed by atoms with Crippen molar-refractivity contribution in [3.8, 4) is 11.1 Å². The van der Waals surface area contributed by atoms with Gasteiger partial charge < -0.3 is 4.98 Å². The molecule has 1 saturated heterocycles. The van der Waals surface area contributed by atoms with E-state index in [2.05, 4.69) is 24.7 Å². The lowest BCUT2D eigenvalue weighted by Crippen LogP contribution is -2.34. The highest BCUT2D eigenvalue weighted by Gasteiger charge is 2.31. The Kier molecular flexibility index (Phi) is 5.53. The van der Waals surface area contributed by atoms with Crippen molar-refractivity contribution in [1.29, 1.82) is 0 Å². The molecule has 0 bridgehead atoms. The van der Waals surface area contributed by atoms with Crippen LogP contribution < -0.4 is 4.72 Å². The molecule has 11 heteroatoms. The lowest BCUT2D eigenvalue weighted by Gasteiger charge is -2.17. The van der Waals surface area contributed by atoms with Gasteiger partial charge in [0.25, 0.3) is 0 Å². The number of H-pyrrole nitrogens is 1. The molecule has 2 N–H and O–H groups in total. The summed E-state index contributed by atoms with van der Waals surface area (Å²) in [6, 6.07) is 8.12. The number of nitrogens with zero attached hydrogens (tertiary/aromatic N) is 4. The Balaban J connectivity index is 1.27. The molecule has 0 spiro atoms. The molecule has 0 unspecified atom stereocenters. The van der Waals surface area contributed by atoms with Crippen LogP contribution in [0.3, 0.4) is 0 Å². The molecule has 2 fully saturated rings. The van der Waals surface area contributed by atoms with E-state index in [1.165, 1.54) is 6.07 Å². The van der Waals surface area contributed by atoms with Crippen LogP contribution in [0.5, 0.6) is 0 Å². The number of nitrogens with one attached hydrogen (secondary N) is 2. The fourth-order valence-electron chi connectivity index (χ4n) is 4.39. The SMILES string of the molecule is O=C(c1cccc(NS(=O)(=O)N2CC[C@@H](F)C2)c1)c1c[nH]c2ncc(-c3cnc(C4CC4)nc3)cc12. The van der Waals surface area contributed by atoms with Gasteiger partial charge >= 0.3 is 10.2 Å². The summed E-state index contributed by atoms with van der Waals surface area (Å²) in [6.45, 7) is -0.0544. The van der Waals surface area contributed by atoms with E-state index in [1.807, 2.05) is 6.07 Å². The largest absolute Gasteiger partial charge is 0.345 e. The maximum absolute atomic E-state index is 13.5. The van der Waals surface area contributed by atoms with Crippen molar-refractivity contribution in [1.82, 2.24) is 24.2 Å². The molecule has 9 nitrogen and oxygen atoms in total. The molecule has 0 radical (unpaired) electrons. The lowest BCUT2D eigenvalue weighted by atomic mass is 10.0. The first kappa shape index (κ1) is 22.7. The van der Waals surface area contributed by atoms with Crippen molar-refractivity contribution < 1.29 is 17.6 Å². The molecule has 6 rings (SSSR count). The first-order chi connectivity index (χ1) is 17.4. The molecular formula is C25H23FN6O3S. The Bertz CT molecular complexity index is 1570. The normalized spacial score (nSPS) is 18.5. The smallest absolute Gasteiger partial charge is 0.301 e. The van der Waals surface area contributed by atoms with Crippen LogP contribution >= 0.6 is 0 Å². The van der Waals surface area contributed by atoms with E-state index >= 15 is 0 Å². The van der Waals surface area contributed by atoms with Crippen molar-refractivity contribution in [2.75, 3.05) is 17.8 Å². The number of fused-ring (bicyclic) bond motifs is 1. The Hall–Kier alpha value is -3.70. The first-order valence-corrected chi connectivity index (χ1v) is 13.2. The Labute approximate surface area is 207 Å². The maximum Gasteiger partial charge on any atom is 0.301 e. The zero-order chi connectivity index (χ0) is 24.9. The molecule has 184 valence electrons. The molecule has 2 aliphatic rings.